The average Bonchev–Trinajstić information content (AvgIpc) is 2.93. The number of pyridine rings is 1. The molecule has 0 unspecified atom stereocenters. The van der Waals surface area contributed by atoms with E-state index in [1.54, 1.807) is 11.3 Å². The van der Waals surface area contributed by atoms with E-state index in [9.17, 15) is 0 Å². The first-order chi connectivity index (χ1) is 10.3. The molecule has 2 heterocycles. The van der Waals surface area contributed by atoms with Crippen LogP contribution in [-0.4, -0.2) is 16.5 Å². The Morgan fingerprint density at radius 3 is 2.57 bits per heavy atom. The molecule has 21 heavy (non-hydrogen) atoms. The van der Waals surface area contributed by atoms with Gasteiger partial charge >= 0.3 is 0 Å². The van der Waals surface area contributed by atoms with Gasteiger partial charge in [-0.3, -0.25) is 4.98 Å². The molecular formula is C17H17N3S. The lowest BCUT2D eigenvalue weighted by Gasteiger charge is -2.00. The van der Waals surface area contributed by atoms with E-state index in [2.05, 4.69) is 30.1 Å². The number of benzene rings is 1. The maximum atomic E-state index is 5.75. The molecule has 3 rings (SSSR count). The van der Waals surface area contributed by atoms with Gasteiger partial charge < -0.3 is 5.73 Å². The Labute approximate surface area is 128 Å². The first kappa shape index (κ1) is 13.9. The second kappa shape index (κ2) is 6.16. The maximum Gasteiger partial charge on any atom is 0.143 e. The Bertz CT molecular complexity index is 735. The predicted octanol–water partition coefficient (Wildman–Crippen LogP) is 3.68. The third-order valence-electron chi connectivity index (χ3n) is 3.33. The van der Waals surface area contributed by atoms with Crippen LogP contribution in [-0.2, 0) is 6.42 Å². The van der Waals surface area contributed by atoms with E-state index >= 15 is 0 Å². The van der Waals surface area contributed by atoms with Crippen LogP contribution < -0.4 is 5.73 Å². The number of hydrogen-bond acceptors (Lipinski definition) is 4. The first-order valence-electron chi connectivity index (χ1n) is 6.97. The SMILES string of the molecule is Cc1cccnc1-c1nc(-c2ccccc2)c(CCN)s1. The van der Waals surface area contributed by atoms with Gasteiger partial charge in [-0.2, -0.15) is 0 Å². The smallest absolute Gasteiger partial charge is 0.143 e. The molecule has 0 bridgehead atoms. The van der Waals surface area contributed by atoms with Crippen LogP contribution in [0.4, 0.5) is 0 Å². The molecule has 0 aliphatic heterocycles. The van der Waals surface area contributed by atoms with Crippen molar-refractivity contribution in [3.05, 3.63) is 59.1 Å². The summed E-state index contributed by atoms with van der Waals surface area (Å²) in [5.41, 5.74) is 10.0. The second-order valence-electron chi connectivity index (χ2n) is 4.86. The van der Waals surface area contributed by atoms with Crippen molar-refractivity contribution in [3.8, 4) is 22.0 Å². The fourth-order valence-corrected chi connectivity index (χ4v) is 3.45. The number of aromatic nitrogens is 2. The summed E-state index contributed by atoms with van der Waals surface area (Å²) in [6, 6.07) is 14.3. The Balaban J connectivity index is 2.11. The fraction of sp³-hybridized carbons (Fsp3) is 0.176. The minimum absolute atomic E-state index is 0.628. The topological polar surface area (TPSA) is 51.8 Å². The molecule has 0 saturated heterocycles. The van der Waals surface area contributed by atoms with Crippen molar-refractivity contribution < 1.29 is 0 Å². The number of aryl methyl sites for hydroxylation is 1. The van der Waals surface area contributed by atoms with Gasteiger partial charge in [0.25, 0.3) is 0 Å². The highest BCUT2D eigenvalue weighted by Gasteiger charge is 2.15. The number of hydrogen-bond donors (Lipinski definition) is 1. The van der Waals surface area contributed by atoms with Crippen molar-refractivity contribution in [1.29, 1.82) is 0 Å². The lowest BCUT2D eigenvalue weighted by Crippen LogP contribution is -2.02. The highest BCUT2D eigenvalue weighted by Crippen LogP contribution is 2.34. The normalized spacial score (nSPS) is 10.8. The molecule has 2 aromatic heterocycles. The third-order valence-corrected chi connectivity index (χ3v) is 4.45. The summed E-state index contributed by atoms with van der Waals surface area (Å²) in [6.07, 6.45) is 2.66. The highest BCUT2D eigenvalue weighted by molar-refractivity contribution is 7.15. The number of nitrogens with zero attached hydrogens (tertiary/aromatic N) is 2. The Hall–Kier alpha value is -2.04. The number of nitrogens with two attached hydrogens (primary N) is 1. The van der Waals surface area contributed by atoms with E-state index in [1.165, 1.54) is 4.88 Å². The number of rotatable bonds is 4. The van der Waals surface area contributed by atoms with Gasteiger partial charge in [0.05, 0.1) is 5.69 Å². The second-order valence-corrected chi connectivity index (χ2v) is 5.95. The van der Waals surface area contributed by atoms with Gasteiger partial charge in [-0.1, -0.05) is 36.4 Å². The molecule has 0 saturated carbocycles. The molecule has 0 fully saturated rings. The average molecular weight is 295 g/mol. The van der Waals surface area contributed by atoms with E-state index < -0.39 is 0 Å². The molecule has 0 spiro atoms. The van der Waals surface area contributed by atoms with Crippen LogP contribution in [0.3, 0.4) is 0 Å². The summed E-state index contributed by atoms with van der Waals surface area (Å²) in [7, 11) is 0. The Kier molecular flexibility index (Phi) is 4.08. The fourth-order valence-electron chi connectivity index (χ4n) is 2.28. The van der Waals surface area contributed by atoms with E-state index in [-0.39, 0.29) is 0 Å². The molecule has 0 atom stereocenters. The zero-order valence-electron chi connectivity index (χ0n) is 11.9. The quantitative estimate of drug-likeness (QED) is 0.798. The Morgan fingerprint density at radius 2 is 1.86 bits per heavy atom. The van der Waals surface area contributed by atoms with Crippen LogP contribution >= 0.6 is 11.3 Å². The van der Waals surface area contributed by atoms with E-state index in [1.807, 2.05) is 30.5 Å². The Morgan fingerprint density at radius 1 is 1.05 bits per heavy atom. The monoisotopic (exact) mass is 295 g/mol. The zero-order chi connectivity index (χ0) is 14.7. The summed E-state index contributed by atoms with van der Waals surface area (Å²) < 4.78 is 0. The molecule has 4 heteroatoms. The highest BCUT2D eigenvalue weighted by atomic mass is 32.1. The summed E-state index contributed by atoms with van der Waals surface area (Å²) in [5, 5.41) is 0.968. The maximum absolute atomic E-state index is 5.75. The zero-order valence-corrected chi connectivity index (χ0v) is 12.7. The molecule has 1 aromatic carbocycles. The van der Waals surface area contributed by atoms with E-state index in [0.29, 0.717) is 6.54 Å². The minimum atomic E-state index is 0.628. The molecule has 0 radical (unpaired) electrons. The summed E-state index contributed by atoms with van der Waals surface area (Å²) in [4.78, 5) is 10.5. The van der Waals surface area contributed by atoms with Gasteiger partial charge in [0.2, 0.25) is 0 Å². The summed E-state index contributed by atoms with van der Waals surface area (Å²) in [6.45, 7) is 2.69. The molecule has 0 aliphatic rings. The van der Waals surface area contributed by atoms with Crippen molar-refractivity contribution in [2.24, 2.45) is 5.73 Å². The van der Waals surface area contributed by atoms with Crippen LogP contribution in [0.1, 0.15) is 10.4 Å². The van der Waals surface area contributed by atoms with Gasteiger partial charge in [-0.15, -0.1) is 11.3 Å². The van der Waals surface area contributed by atoms with Crippen LogP contribution in [0.2, 0.25) is 0 Å². The van der Waals surface area contributed by atoms with Gasteiger partial charge in [0, 0.05) is 16.6 Å². The number of thiazole rings is 1. The minimum Gasteiger partial charge on any atom is -0.330 e. The standard InChI is InChI=1S/C17H17N3S/c1-12-6-5-11-19-15(12)17-20-16(14(21-17)9-10-18)13-7-3-2-4-8-13/h2-8,11H,9-10,18H2,1H3. The van der Waals surface area contributed by atoms with Crippen LogP contribution in [0.25, 0.3) is 22.0 Å². The van der Waals surface area contributed by atoms with Crippen LogP contribution in [0, 0.1) is 6.92 Å². The van der Waals surface area contributed by atoms with Crippen LogP contribution in [0.5, 0.6) is 0 Å². The largest absolute Gasteiger partial charge is 0.330 e. The van der Waals surface area contributed by atoms with Crippen molar-refractivity contribution >= 4 is 11.3 Å². The summed E-state index contributed by atoms with van der Waals surface area (Å²) >= 11 is 1.69. The van der Waals surface area contributed by atoms with Gasteiger partial charge in [0.15, 0.2) is 0 Å². The van der Waals surface area contributed by atoms with Crippen LogP contribution in [0.15, 0.2) is 48.7 Å². The van der Waals surface area contributed by atoms with Crippen molar-refractivity contribution in [3.63, 3.8) is 0 Å². The summed E-state index contributed by atoms with van der Waals surface area (Å²) in [5.74, 6) is 0. The van der Waals surface area contributed by atoms with Gasteiger partial charge in [0.1, 0.15) is 10.7 Å². The molecule has 0 amide bonds. The molecule has 3 nitrogen and oxygen atoms in total. The lowest BCUT2D eigenvalue weighted by atomic mass is 10.1. The molecule has 3 aromatic rings. The van der Waals surface area contributed by atoms with Gasteiger partial charge in [-0.25, -0.2) is 4.98 Å². The van der Waals surface area contributed by atoms with Crippen molar-refractivity contribution in [1.82, 2.24) is 9.97 Å². The first-order valence-corrected chi connectivity index (χ1v) is 7.78. The van der Waals surface area contributed by atoms with E-state index in [4.69, 9.17) is 10.7 Å². The van der Waals surface area contributed by atoms with Crippen molar-refractivity contribution in [2.75, 3.05) is 6.54 Å². The predicted molar refractivity (Wildman–Crippen MR) is 88.3 cm³/mol. The van der Waals surface area contributed by atoms with E-state index in [0.717, 1.165) is 33.9 Å². The molecular weight excluding hydrogens is 278 g/mol. The molecule has 0 aliphatic carbocycles. The third kappa shape index (κ3) is 2.86. The lowest BCUT2D eigenvalue weighted by molar-refractivity contribution is 0.986. The molecule has 2 N–H and O–H groups in total. The molecule has 106 valence electrons. The van der Waals surface area contributed by atoms with Gasteiger partial charge in [-0.05, 0) is 31.5 Å². The van der Waals surface area contributed by atoms with Crippen molar-refractivity contribution in [2.45, 2.75) is 13.3 Å².